The smallest absolute Gasteiger partial charge is 0.225 e. The number of fused-ring (bicyclic) bond motifs is 1. The van der Waals surface area contributed by atoms with Crippen LogP contribution in [0.15, 0.2) is 36.4 Å². The lowest BCUT2D eigenvalue weighted by Gasteiger charge is -2.30. The standard InChI is InChI=1S/C21H24N2O4/c1-25-19-11-17-16(12-21(24)22-18(17)13-20(19)26-2)14-3-5-15(6-4-14)23-7-9-27-10-8-23/h3-6,11,13,16H,7-10,12H2,1-2H3,(H,22,24). The summed E-state index contributed by atoms with van der Waals surface area (Å²) in [5, 5.41) is 2.95. The average Bonchev–Trinajstić information content (AvgIpc) is 2.73. The molecule has 1 saturated heterocycles. The summed E-state index contributed by atoms with van der Waals surface area (Å²) in [6, 6.07) is 12.3. The molecule has 4 rings (SSSR count). The molecule has 0 radical (unpaired) electrons. The average molecular weight is 368 g/mol. The van der Waals surface area contributed by atoms with Gasteiger partial charge >= 0.3 is 0 Å². The van der Waals surface area contributed by atoms with Crippen LogP contribution in [0, 0.1) is 0 Å². The van der Waals surface area contributed by atoms with Crippen molar-refractivity contribution in [1.82, 2.24) is 0 Å². The first kappa shape index (κ1) is 17.7. The molecular weight excluding hydrogens is 344 g/mol. The summed E-state index contributed by atoms with van der Waals surface area (Å²) in [6.45, 7) is 3.34. The lowest BCUT2D eigenvalue weighted by atomic mass is 9.84. The molecule has 0 saturated carbocycles. The second-order valence-electron chi connectivity index (χ2n) is 6.79. The highest BCUT2D eigenvalue weighted by molar-refractivity contribution is 5.96. The summed E-state index contributed by atoms with van der Waals surface area (Å²) in [5.41, 5.74) is 4.14. The lowest BCUT2D eigenvalue weighted by molar-refractivity contribution is -0.116. The van der Waals surface area contributed by atoms with Crippen molar-refractivity contribution in [2.24, 2.45) is 0 Å². The van der Waals surface area contributed by atoms with E-state index in [1.165, 1.54) is 5.69 Å². The molecule has 1 atom stereocenters. The van der Waals surface area contributed by atoms with E-state index in [-0.39, 0.29) is 11.8 Å². The molecule has 2 aromatic rings. The van der Waals surface area contributed by atoms with Crippen molar-refractivity contribution >= 4 is 17.3 Å². The summed E-state index contributed by atoms with van der Waals surface area (Å²) >= 11 is 0. The zero-order chi connectivity index (χ0) is 18.8. The van der Waals surface area contributed by atoms with Gasteiger partial charge in [0.1, 0.15) is 0 Å². The molecule has 142 valence electrons. The SMILES string of the molecule is COc1cc2c(cc1OC)C(c1ccc(N3CCOCC3)cc1)CC(=O)N2. The van der Waals surface area contributed by atoms with Crippen molar-refractivity contribution in [2.45, 2.75) is 12.3 Å². The number of hydrogen-bond donors (Lipinski definition) is 1. The van der Waals surface area contributed by atoms with Gasteiger partial charge in [0.2, 0.25) is 5.91 Å². The van der Waals surface area contributed by atoms with Gasteiger partial charge in [-0.15, -0.1) is 0 Å². The number of rotatable bonds is 4. The van der Waals surface area contributed by atoms with Crippen molar-refractivity contribution in [1.29, 1.82) is 0 Å². The van der Waals surface area contributed by atoms with Crippen molar-refractivity contribution in [3.63, 3.8) is 0 Å². The van der Waals surface area contributed by atoms with E-state index < -0.39 is 0 Å². The largest absolute Gasteiger partial charge is 0.493 e. The molecular formula is C21H24N2O4. The van der Waals surface area contributed by atoms with Gasteiger partial charge in [0.15, 0.2) is 11.5 Å². The van der Waals surface area contributed by atoms with Gasteiger partial charge in [0.05, 0.1) is 27.4 Å². The lowest BCUT2D eigenvalue weighted by Crippen LogP contribution is -2.36. The number of nitrogens with zero attached hydrogens (tertiary/aromatic N) is 1. The van der Waals surface area contributed by atoms with Crippen LogP contribution >= 0.6 is 0 Å². The third-order valence-electron chi connectivity index (χ3n) is 5.27. The minimum absolute atomic E-state index is 0.00713. The second kappa shape index (κ2) is 7.48. The third-order valence-corrected chi connectivity index (χ3v) is 5.27. The number of ether oxygens (including phenoxy) is 3. The van der Waals surface area contributed by atoms with Crippen LogP contribution in [0.3, 0.4) is 0 Å². The maximum Gasteiger partial charge on any atom is 0.225 e. The van der Waals surface area contributed by atoms with Gasteiger partial charge in [-0.05, 0) is 29.3 Å². The van der Waals surface area contributed by atoms with Crippen molar-refractivity contribution < 1.29 is 19.0 Å². The van der Waals surface area contributed by atoms with Crippen LogP contribution in [0.4, 0.5) is 11.4 Å². The summed E-state index contributed by atoms with van der Waals surface area (Å²) in [4.78, 5) is 14.6. The van der Waals surface area contributed by atoms with Crippen molar-refractivity contribution in [3.8, 4) is 11.5 Å². The Morgan fingerprint density at radius 2 is 1.70 bits per heavy atom. The number of benzene rings is 2. The molecule has 1 unspecified atom stereocenters. The van der Waals surface area contributed by atoms with Crippen LogP contribution in [0.5, 0.6) is 11.5 Å². The number of carbonyl (C=O) groups is 1. The van der Waals surface area contributed by atoms with Crippen LogP contribution < -0.4 is 19.7 Å². The maximum absolute atomic E-state index is 12.3. The Hall–Kier alpha value is -2.73. The summed E-state index contributed by atoms with van der Waals surface area (Å²) in [6.07, 6.45) is 0.416. The molecule has 2 aliphatic rings. The number of anilines is 2. The first-order valence-electron chi connectivity index (χ1n) is 9.18. The van der Waals surface area contributed by atoms with Crippen LogP contribution in [0.1, 0.15) is 23.5 Å². The minimum Gasteiger partial charge on any atom is -0.493 e. The van der Waals surface area contributed by atoms with Crippen LogP contribution in [0.2, 0.25) is 0 Å². The predicted octanol–water partition coefficient (Wildman–Crippen LogP) is 3.01. The summed E-state index contributed by atoms with van der Waals surface area (Å²) in [7, 11) is 3.22. The molecule has 0 bridgehead atoms. The Balaban J connectivity index is 1.67. The Morgan fingerprint density at radius 1 is 1.04 bits per heavy atom. The monoisotopic (exact) mass is 368 g/mol. The fourth-order valence-electron chi connectivity index (χ4n) is 3.82. The van der Waals surface area contributed by atoms with Crippen LogP contribution in [-0.4, -0.2) is 46.4 Å². The summed E-state index contributed by atoms with van der Waals surface area (Å²) in [5.74, 6) is 1.28. The fraction of sp³-hybridized carbons (Fsp3) is 0.381. The molecule has 6 nitrogen and oxygen atoms in total. The Morgan fingerprint density at radius 3 is 2.37 bits per heavy atom. The fourth-order valence-corrected chi connectivity index (χ4v) is 3.82. The van der Waals surface area contributed by atoms with Crippen molar-refractivity contribution in [2.75, 3.05) is 50.7 Å². The molecule has 0 spiro atoms. The van der Waals surface area contributed by atoms with Gasteiger partial charge in [-0.3, -0.25) is 4.79 Å². The number of amides is 1. The van der Waals surface area contributed by atoms with Gasteiger partial charge < -0.3 is 24.4 Å². The molecule has 6 heteroatoms. The number of hydrogen-bond acceptors (Lipinski definition) is 5. The first-order valence-corrected chi connectivity index (χ1v) is 9.18. The van der Waals surface area contributed by atoms with E-state index in [0.717, 1.165) is 43.1 Å². The molecule has 27 heavy (non-hydrogen) atoms. The van der Waals surface area contributed by atoms with E-state index in [2.05, 4.69) is 34.5 Å². The van der Waals surface area contributed by atoms with Gasteiger partial charge in [-0.1, -0.05) is 12.1 Å². The normalized spacial score (nSPS) is 19.3. The topological polar surface area (TPSA) is 60.0 Å². The van der Waals surface area contributed by atoms with E-state index >= 15 is 0 Å². The molecule has 1 amide bonds. The zero-order valence-electron chi connectivity index (χ0n) is 15.7. The highest BCUT2D eigenvalue weighted by Crippen LogP contribution is 2.43. The highest BCUT2D eigenvalue weighted by atomic mass is 16.5. The minimum atomic E-state index is -0.00713. The van der Waals surface area contributed by atoms with Crippen LogP contribution in [-0.2, 0) is 9.53 Å². The van der Waals surface area contributed by atoms with E-state index in [0.29, 0.717) is 17.9 Å². The molecule has 2 aromatic carbocycles. The number of carbonyl (C=O) groups excluding carboxylic acids is 1. The Labute approximate surface area is 159 Å². The quantitative estimate of drug-likeness (QED) is 0.899. The third kappa shape index (κ3) is 3.45. The number of morpholine rings is 1. The molecule has 0 aliphatic carbocycles. The molecule has 1 fully saturated rings. The number of nitrogens with one attached hydrogen (secondary N) is 1. The van der Waals surface area contributed by atoms with E-state index in [1.54, 1.807) is 14.2 Å². The predicted molar refractivity (Wildman–Crippen MR) is 104 cm³/mol. The molecule has 1 N–H and O–H groups in total. The number of methoxy groups -OCH3 is 2. The van der Waals surface area contributed by atoms with Crippen LogP contribution in [0.25, 0.3) is 0 Å². The second-order valence-corrected chi connectivity index (χ2v) is 6.79. The maximum atomic E-state index is 12.3. The van der Waals surface area contributed by atoms with Gasteiger partial charge in [0.25, 0.3) is 0 Å². The van der Waals surface area contributed by atoms with Gasteiger partial charge in [-0.2, -0.15) is 0 Å². The Bertz CT molecular complexity index is 829. The van der Waals surface area contributed by atoms with Gasteiger partial charge in [-0.25, -0.2) is 0 Å². The highest BCUT2D eigenvalue weighted by Gasteiger charge is 2.28. The first-order chi connectivity index (χ1) is 13.2. The zero-order valence-corrected chi connectivity index (χ0v) is 15.7. The van der Waals surface area contributed by atoms with E-state index in [1.807, 2.05) is 12.1 Å². The van der Waals surface area contributed by atoms with E-state index in [4.69, 9.17) is 14.2 Å². The summed E-state index contributed by atoms with van der Waals surface area (Å²) < 4.78 is 16.2. The van der Waals surface area contributed by atoms with Gasteiger partial charge in [0, 0.05) is 42.9 Å². The molecule has 2 aliphatic heterocycles. The Kier molecular flexibility index (Phi) is 4.90. The molecule has 0 aromatic heterocycles. The van der Waals surface area contributed by atoms with E-state index in [9.17, 15) is 4.79 Å². The molecule has 2 heterocycles. The van der Waals surface area contributed by atoms with Crippen molar-refractivity contribution in [3.05, 3.63) is 47.5 Å².